The van der Waals surface area contributed by atoms with Gasteiger partial charge in [-0.15, -0.1) is 0 Å². The molecule has 0 aromatic rings. The summed E-state index contributed by atoms with van der Waals surface area (Å²) >= 11 is 0. The summed E-state index contributed by atoms with van der Waals surface area (Å²) in [5.41, 5.74) is 5.21. The second kappa shape index (κ2) is 6.56. The van der Waals surface area contributed by atoms with E-state index in [1.54, 1.807) is 6.92 Å². The minimum Gasteiger partial charge on any atom is -0.481 e. The van der Waals surface area contributed by atoms with E-state index in [4.69, 9.17) is 10.8 Å². The van der Waals surface area contributed by atoms with E-state index in [1.807, 2.05) is 4.90 Å². The second-order valence-corrected chi connectivity index (χ2v) is 4.62. The summed E-state index contributed by atoms with van der Waals surface area (Å²) in [5, 5.41) is 12.1. The first-order valence-electron chi connectivity index (χ1n) is 5.96. The van der Waals surface area contributed by atoms with Crippen molar-refractivity contribution in [2.75, 3.05) is 26.2 Å². The third kappa shape index (κ3) is 4.70. The fourth-order valence-corrected chi connectivity index (χ4v) is 2.14. The number of aliphatic carboxylic acids is 1. The summed E-state index contributed by atoms with van der Waals surface area (Å²) in [6, 6.07) is 0.255. The molecular weight excluding hydrogens is 222 g/mol. The zero-order valence-corrected chi connectivity index (χ0v) is 10.2. The zero-order valence-electron chi connectivity index (χ0n) is 10.2. The van der Waals surface area contributed by atoms with Gasteiger partial charge >= 0.3 is 5.97 Å². The minimum atomic E-state index is -0.839. The van der Waals surface area contributed by atoms with Crippen molar-refractivity contribution in [2.45, 2.75) is 25.8 Å². The number of carbonyl (C=O) groups excluding carboxylic acids is 1. The third-order valence-corrected chi connectivity index (χ3v) is 3.11. The van der Waals surface area contributed by atoms with Crippen molar-refractivity contribution >= 4 is 11.9 Å². The number of carboxylic acids is 1. The van der Waals surface area contributed by atoms with Gasteiger partial charge in [-0.05, 0) is 25.9 Å². The Bertz CT molecular complexity index is 277. The third-order valence-electron chi connectivity index (χ3n) is 3.11. The summed E-state index contributed by atoms with van der Waals surface area (Å²) in [4.78, 5) is 23.8. The van der Waals surface area contributed by atoms with E-state index in [0.717, 1.165) is 25.9 Å². The molecule has 1 aliphatic rings. The Morgan fingerprint density at radius 1 is 1.47 bits per heavy atom. The molecule has 0 bridgehead atoms. The van der Waals surface area contributed by atoms with E-state index in [0.29, 0.717) is 6.54 Å². The van der Waals surface area contributed by atoms with Gasteiger partial charge in [-0.2, -0.15) is 0 Å². The standard InChI is InChI=1S/C11H21N3O3/c1-8(11(16)17)6-14(7-10(12)15)9-2-4-13-5-3-9/h8-9,13H,2-7H2,1H3,(H2,12,15)(H,16,17). The zero-order chi connectivity index (χ0) is 12.8. The second-order valence-electron chi connectivity index (χ2n) is 4.62. The largest absolute Gasteiger partial charge is 0.481 e. The van der Waals surface area contributed by atoms with E-state index in [9.17, 15) is 9.59 Å². The lowest BCUT2D eigenvalue weighted by molar-refractivity contribution is -0.142. The number of hydrogen-bond donors (Lipinski definition) is 3. The van der Waals surface area contributed by atoms with Crippen molar-refractivity contribution in [2.24, 2.45) is 11.7 Å². The monoisotopic (exact) mass is 243 g/mol. The van der Waals surface area contributed by atoms with Crippen LogP contribution in [-0.2, 0) is 9.59 Å². The molecule has 0 spiro atoms. The van der Waals surface area contributed by atoms with Crippen molar-refractivity contribution in [1.82, 2.24) is 10.2 Å². The Kier molecular flexibility index (Phi) is 5.37. The molecule has 1 heterocycles. The van der Waals surface area contributed by atoms with Crippen LogP contribution in [0.2, 0.25) is 0 Å². The average Bonchev–Trinajstić information content (AvgIpc) is 2.28. The molecule has 98 valence electrons. The molecule has 0 aromatic carbocycles. The highest BCUT2D eigenvalue weighted by atomic mass is 16.4. The number of nitrogens with two attached hydrogens (primary N) is 1. The summed E-state index contributed by atoms with van der Waals surface area (Å²) in [6.07, 6.45) is 1.86. The minimum absolute atomic E-state index is 0.141. The van der Waals surface area contributed by atoms with Crippen LogP contribution in [0.3, 0.4) is 0 Å². The topological polar surface area (TPSA) is 95.7 Å². The fraction of sp³-hybridized carbons (Fsp3) is 0.818. The van der Waals surface area contributed by atoms with Crippen molar-refractivity contribution in [3.05, 3.63) is 0 Å². The van der Waals surface area contributed by atoms with E-state index in [-0.39, 0.29) is 12.6 Å². The van der Waals surface area contributed by atoms with E-state index in [2.05, 4.69) is 5.32 Å². The smallest absolute Gasteiger partial charge is 0.307 e. The first-order valence-corrected chi connectivity index (χ1v) is 5.96. The number of piperidine rings is 1. The summed E-state index contributed by atoms with van der Waals surface area (Å²) < 4.78 is 0. The molecule has 1 saturated heterocycles. The van der Waals surface area contributed by atoms with E-state index >= 15 is 0 Å². The Hall–Kier alpha value is -1.14. The number of nitrogens with one attached hydrogen (secondary N) is 1. The molecule has 1 amide bonds. The molecule has 1 rings (SSSR count). The Morgan fingerprint density at radius 2 is 2.06 bits per heavy atom. The van der Waals surface area contributed by atoms with Crippen molar-refractivity contribution in [1.29, 1.82) is 0 Å². The number of carbonyl (C=O) groups is 2. The summed E-state index contributed by atoms with van der Waals surface area (Å²) in [6.45, 7) is 3.98. The quantitative estimate of drug-likeness (QED) is 0.570. The fourth-order valence-electron chi connectivity index (χ4n) is 2.14. The highest BCUT2D eigenvalue weighted by molar-refractivity contribution is 5.76. The van der Waals surface area contributed by atoms with Crippen LogP contribution in [0.15, 0.2) is 0 Å². The van der Waals surface area contributed by atoms with Gasteiger partial charge in [0.2, 0.25) is 5.91 Å². The molecule has 17 heavy (non-hydrogen) atoms. The van der Waals surface area contributed by atoms with Gasteiger partial charge in [0.15, 0.2) is 0 Å². The molecule has 6 heteroatoms. The maximum absolute atomic E-state index is 11.0. The number of amides is 1. The molecule has 1 fully saturated rings. The Balaban J connectivity index is 2.58. The number of nitrogens with zero attached hydrogens (tertiary/aromatic N) is 1. The summed E-state index contributed by atoms with van der Waals surface area (Å²) in [7, 11) is 0. The van der Waals surface area contributed by atoms with Crippen molar-refractivity contribution in [3.8, 4) is 0 Å². The molecule has 0 radical (unpaired) electrons. The highest BCUT2D eigenvalue weighted by Gasteiger charge is 2.25. The number of primary amides is 1. The van der Waals surface area contributed by atoms with Gasteiger partial charge in [0.1, 0.15) is 0 Å². The van der Waals surface area contributed by atoms with Crippen LogP contribution < -0.4 is 11.1 Å². The van der Waals surface area contributed by atoms with Gasteiger partial charge in [-0.1, -0.05) is 6.92 Å². The molecule has 0 aromatic heterocycles. The van der Waals surface area contributed by atoms with Crippen LogP contribution in [0.4, 0.5) is 0 Å². The lowest BCUT2D eigenvalue weighted by Gasteiger charge is -2.34. The van der Waals surface area contributed by atoms with Crippen LogP contribution in [0.5, 0.6) is 0 Å². The van der Waals surface area contributed by atoms with Crippen LogP contribution in [0.1, 0.15) is 19.8 Å². The lowest BCUT2D eigenvalue weighted by Crippen LogP contribution is -2.48. The predicted molar refractivity (Wildman–Crippen MR) is 63.5 cm³/mol. The summed E-state index contributed by atoms with van der Waals surface area (Å²) in [5.74, 6) is -1.72. The van der Waals surface area contributed by atoms with Gasteiger partial charge in [-0.25, -0.2) is 0 Å². The van der Waals surface area contributed by atoms with Gasteiger partial charge < -0.3 is 16.2 Å². The first kappa shape index (κ1) is 13.9. The average molecular weight is 243 g/mol. The highest BCUT2D eigenvalue weighted by Crippen LogP contribution is 2.13. The SMILES string of the molecule is CC(CN(CC(N)=O)C1CCNCC1)C(=O)O. The van der Waals surface area contributed by atoms with Crippen molar-refractivity contribution in [3.63, 3.8) is 0 Å². The number of rotatable bonds is 6. The van der Waals surface area contributed by atoms with Crippen LogP contribution >= 0.6 is 0 Å². The molecule has 0 aliphatic carbocycles. The van der Waals surface area contributed by atoms with Crippen LogP contribution in [0.25, 0.3) is 0 Å². The van der Waals surface area contributed by atoms with Crippen LogP contribution in [-0.4, -0.2) is 54.1 Å². The predicted octanol–water partition coefficient (Wildman–Crippen LogP) is -0.754. The van der Waals surface area contributed by atoms with Gasteiger partial charge in [0, 0.05) is 12.6 Å². The molecule has 0 saturated carbocycles. The maximum Gasteiger partial charge on any atom is 0.307 e. The van der Waals surface area contributed by atoms with Gasteiger partial charge in [-0.3, -0.25) is 14.5 Å². The lowest BCUT2D eigenvalue weighted by atomic mass is 10.0. The Morgan fingerprint density at radius 3 is 2.53 bits per heavy atom. The molecule has 1 unspecified atom stereocenters. The van der Waals surface area contributed by atoms with Crippen molar-refractivity contribution < 1.29 is 14.7 Å². The molecular formula is C11H21N3O3. The molecule has 4 N–H and O–H groups in total. The number of carboxylic acid groups (broad SMARTS) is 1. The van der Waals surface area contributed by atoms with E-state index < -0.39 is 17.8 Å². The number of hydrogen-bond acceptors (Lipinski definition) is 4. The van der Waals surface area contributed by atoms with Gasteiger partial charge in [0.05, 0.1) is 12.5 Å². The van der Waals surface area contributed by atoms with E-state index in [1.165, 1.54) is 0 Å². The molecule has 1 aliphatic heterocycles. The molecule has 1 atom stereocenters. The molecule has 6 nitrogen and oxygen atoms in total. The normalized spacial score (nSPS) is 19.2. The first-order chi connectivity index (χ1) is 8.00. The maximum atomic E-state index is 11.0. The van der Waals surface area contributed by atoms with Gasteiger partial charge in [0.25, 0.3) is 0 Å². The Labute approximate surface area is 101 Å². The van der Waals surface area contributed by atoms with Crippen LogP contribution in [0, 0.1) is 5.92 Å².